The number of hydrogen-bond acceptors (Lipinski definition) is 4. The zero-order valence-electron chi connectivity index (χ0n) is 18.2. The summed E-state index contributed by atoms with van der Waals surface area (Å²) in [5, 5.41) is 3.36. The van der Waals surface area contributed by atoms with Gasteiger partial charge in [0.25, 0.3) is 0 Å². The largest absolute Gasteiger partial charge is 0.480 e. The van der Waals surface area contributed by atoms with E-state index in [0.29, 0.717) is 11.8 Å². The summed E-state index contributed by atoms with van der Waals surface area (Å²) in [7, 11) is 1.65. The van der Waals surface area contributed by atoms with Crippen LogP contribution < -0.4 is 10.1 Å². The van der Waals surface area contributed by atoms with Crippen molar-refractivity contribution >= 4 is 11.3 Å². The molecule has 0 amide bonds. The van der Waals surface area contributed by atoms with Crippen LogP contribution >= 0.6 is 0 Å². The predicted molar refractivity (Wildman–Crippen MR) is 118 cm³/mol. The van der Waals surface area contributed by atoms with E-state index in [2.05, 4.69) is 64.5 Å². The quantitative estimate of drug-likeness (QED) is 0.634. The molecule has 4 nitrogen and oxygen atoms in total. The van der Waals surface area contributed by atoms with E-state index in [0.717, 1.165) is 46.0 Å². The summed E-state index contributed by atoms with van der Waals surface area (Å²) in [6.07, 6.45) is 1.25. The van der Waals surface area contributed by atoms with E-state index in [1.807, 2.05) is 19.1 Å². The minimum atomic E-state index is 0.351. The normalized spacial score (nSPS) is 10.3. The van der Waals surface area contributed by atoms with E-state index >= 15 is 0 Å². The Labute approximate surface area is 165 Å². The van der Waals surface area contributed by atoms with Crippen molar-refractivity contribution in [2.24, 2.45) is 0 Å². The summed E-state index contributed by atoms with van der Waals surface area (Å²) in [5.41, 5.74) is 6.70. The molecule has 0 aromatic carbocycles. The molecule has 2 aromatic rings. The maximum atomic E-state index is 5.53. The highest BCUT2D eigenvalue weighted by molar-refractivity contribution is 5.77. The van der Waals surface area contributed by atoms with Gasteiger partial charge in [-0.05, 0) is 56.0 Å². The van der Waals surface area contributed by atoms with E-state index < -0.39 is 0 Å². The van der Waals surface area contributed by atoms with Gasteiger partial charge < -0.3 is 10.1 Å². The van der Waals surface area contributed by atoms with Gasteiger partial charge in [-0.2, -0.15) is 0 Å². The lowest BCUT2D eigenvalue weighted by Crippen LogP contribution is -2.05. The lowest BCUT2D eigenvalue weighted by molar-refractivity contribution is 0.397. The molecule has 0 fully saturated rings. The molecule has 0 saturated carbocycles. The molecule has 1 N–H and O–H groups in total. The molecule has 0 aliphatic rings. The Kier molecular flexibility index (Phi) is 8.99. The van der Waals surface area contributed by atoms with Crippen molar-refractivity contribution in [2.75, 3.05) is 19.0 Å². The maximum Gasteiger partial charge on any atom is 0.222 e. The molecule has 0 bridgehead atoms. The van der Waals surface area contributed by atoms with Gasteiger partial charge >= 0.3 is 0 Å². The van der Waals surface area contributed by atoms with Gasteiger partial charge in [-0.25, -0.2) is 9.97 Å². The first-order chi connectivity index (χ1) is 12.8. The molecule has 0 atom stereocenters. The van der Waals surface area contributed by atoms with Crippen LogP contribution in [-0.2, 0) is 0 Å². The Hall–Kier alpha value is -2.36. The summed E-state index contributed by atoms with van der Waals surface area (Å²) < 4.78 is 5.53. The van der Waals surface area contributed by atoms with Crippen LogP contribution in [0.25, 0.3) is 16.8 Å². The average molecular weight is 370 g/mol. The Morgan fingerprint density at radius 1 is 1.19 bits per heavy atom. The third-order valence-electron chi connectivity index (χ3n) is 3.91. The number of rotatable bonds is 6. The van der Waals surface area contributed by atoms with Gasteiger partial charge in [0.05, 0.1) is 29.7 Å². The fourth-order valence-corrected chi connectivity index (χ4v) is 2.65. The Morgan fingerprint density at radius 2 is 1.81 bits per heavy atom. The number of ether oxygens (including phenoxy) is 1. The first kappa shape index (κ1) is 22.7. The second-order valence-corrected chi connectivity index (χ2v) is 7.02. The molecular formula is C23H35N3O. The van der Waals surface area contributed by atoms with E-state index in [-0.39, 0.29) is 0 Å². The number of methoxy groups -OCH3 is 1. The third-order valence-corrected chi connectivity index (χ3v) is 3.91. The summed E-state index contributed by atoms with van der Waals surface area (Å²) >= 11 is 0. The molecule has 0 unspecified atom stereocenters. The van der Waals surface area contributed by atoms with Crippen LogP contribution in [0.2, 0.25) is 0 Å². The number of anilines is 1. The van der Waals surface area contributed by atoms with Gasteiger partial charge in [0.2, 0.25) is 5.88 Å². The predicted octanol–water partition coefficient (Wildman–Crippen LogP) is 6.47. The molecule has 0 spiro atoms. The number of nitrogens with one attached hydrogen (secondary N) is 1. The topological polar surface area (TPSA) is 47.0 Å². The number of hydrogen-bond donors (Lipinski definition) is 1. The van der Waals surface area contributed by atoms with E-state index in [1.54, 1.807) is 7.11 Å². The summed E-state index contributed by atoms with van der Waals surface area (Å²) in [4.78, 5) is 9.50. The van der Waals surface area contributed by atoms with Gasteiger partial charge in [-0.3, -0.25) is 0 Å². The standard InChI is InChI=1S/C20H27N3O.C3H8/c1-8-21-17-11-14(6)19(23-18(17)13(4)5)15-9-10-16(12(2)3)22-20(15)24-7;1-3-2/h9-12,21H,4,8H2,1-3,5-7H3;3H2,1-2H3. The first-order valence-corrected chi connectivity index (χ1v) is 9.77. The highest BCUT2D eigenvalue weighted by atomic mass is 16.5. The number of allylic oxidation sites excluding steroid dienone is 1. The van der Waals surface area contributed by atoms with E-state index in [9.17, 15) is 0 Å². The monoisotopic (exact) mass is 369 g/mol. The number of aromatic nitrogens is 2. The highest BCUT2D eigenvalue weighted by Crippen LogP contribution is 2.34. The van der Waals surface area contributed by atoms with Crippen molar-refractivity contribution in [3.63, 3.8) is 0 Å². The smallest absolute Gasteiger partial charge is 0.222 e. The lowest BCUT2D eigenvalue weighted by atomic mass is 10.0. The van der Waals surface area contributed by atoms with Crippen LogP contribution in [0.3, 0.4) is 0 Å². The van der Waals surface area contributed by atoms with Crippen molar-refractivity contribution < 1.29 is 4.74 Å². The molecule has 2 rings (SSSR count). The SMILES string of the molecule is C=C(C)c1nc(-c2ccc(C(C)C)nc2OC)c(C)cc1NCC.CCC. The van der Waals surface area contributed by atoms with Crippen LogP contribution in [0.5, 0.6) is 5.88 Å². The van der Waals surface area contributed by atoms with Crippen LogP contribution in [0.1, 0.15) is 70.8 Å². The van der Waals surface area contributed by atoms with Crippen LogP contribution in [-0.4, -0.2) is 23.6 Å². The molecule has 0 aliphatic heterocycles. The van der Waals surface area contributed by atoms with Gasteiger partial charge in [0.1, 0.15) is 0 Å². The molecule has 0 saturated heterocycles. The maximum absolute atomic E-state index is 5.53. The summed E-state index contributed by atoms with van der Waals surface area (Å²) in [6, 6.07) is 6.21. The Morgan fingerprint density at radius 3 is 2.30 bits per heavy atom. The molecule has 0 aliphatic carbocycles. The van der Waals surface area contributed by atoms with Crippen LogP contribution in [0, 0.1) is 6.92 Å². The fourth-order valence-electron chi connectivity index (χ4n) is 2.65. The molecule has 2 heterocycles. The van der Waals surface area contributed by atoms with Gasteiger partial charge in [0, 0.05) is 12.2 Å². The van der Waals surface area contributed by atoms with Crippen molar-refractivity contribution in [2.45, 2.75) is 60.8 Å². The molecule has 4 heteroatoms. The minimum Gasteiger partial charge on any atom is -0.480 e. The van der Waals surface area contributed by atoms with Crippen molar-refractivity contribution in [3.8, 4) is 17.1 Å². The van der Waals surface area contributed by atoms with Crippen LogP contribution in [0.4, 0.5) is 5.69 Å². The minimum absolute atomic E-state index is 0.351. The van der Waals surface area contributed by atoms with Crippen molar-refractivity contribution in [3.05, 3.63) is 41.7 Å². The zero-order chi connectivity index (χ0) is 20.6. The Balaban J connectivity index is 0.00000114. The number of pyridine rings is 2. The third kappa shape index (κ3) is 5.81. The second-order valence-electron chi connectivity index (χ2n) is 7.02. The summed E-state index contributed by atoms with van der Waals surface area (Å²) in [5.74, 6) is 0.963. The highest BCUT2D eigenvalue weighted by Gasteiger charge is 2.16. The van der Waals surface area contributed by atoms with Crippen molar-refractivity contribution in [1.29, 1.82) is 0 Å². The van der Waals surface area contributed by atoms with Gasteiger partial charge in [-0.1, -0.05) is 40.7 Å². The Bertz CT molecular complexity index is 766. The molecule has 27 heavy (non-hydrogen) atoms. The molecule has 148 valence electrons. The van der Waals surface area contributed by atoms with E-state index in [1.165, 1.54) is 6.42 Å². The molecular weight excluding hydrogens is 334 g/mol. The van der Waals surface area contributed by atoms with Crippen molar-refractivity contribution in [1.82, 2.24) is 9.97 Å². The second kappa shape index (κ2) is 10.7. The van der Waals surface area contributed by atoms with Gasteiger partial charge in [0.15, 0.2) is 0 Å². The lowest BCUT2D eigenvalue weighted by Gasteiger charge is -2.16. The summed E-state index contributed by atoms with van der Waals surface area (Å²) in [6.45, 7) is 19.5. The van der Waals surface area contributed by atoms with Gasteiger partial charge in [-0.15, -0.1) is 0 Å². The van der Waals surface area contributed by atoms with Crippen LogP contribution in [0.15, 0.2) is 24.8 Å². The number of aryl methyl sites for hydroxylation is 1. The first-order valence-electron chi connectivity index (χ1n) is 9.77. The molecule has 2 aromatic heterocycles. The fraction of sp³-hybridized carbons (Fsp3) is 0.478. The van der Waals surface area contributed by atoms with E-state index in [4.69, 9.17) is 9.72 Å². The zero-order valence-corrected chi connectivity index (χ0v) is 18.2. The number of nitrogens with zero attached hydrogens (tertiary/aromatic N) is 2. The molecule has 0 radical (unpaired) electrons. The average Bonchev–Trinajstić information content (AvgIpc) is 2.62.